The van der Waals surface area contributed by atoms with Gasteiger partial charge >= 0.3 is 12.2 Å². The van der Waals surface area contributed by atoms with Gasteiger partial charge in [-0.25, -0.2) is 9.59 Å². The molecule has 224 valence electrons. The van der Waals surface area contributed by atoms with Gasteiger partial charge < -0.3 is 36.7 Å². The fourth-order valence-electron chi connectivity index (χ4n) is 2.95. The van der Waals surface area contributed by atoms with Crippen molar-refractivity contribution in [1.29, 1.82) is 0 Å². The van der Waals surface area contributed by atoms with Crippen LogP contribution in [0.4, 0.5) is 9.59 Å². The highest BCUT2D eigenvalue weighted by Crippen LogP contribution is 2.13. The summed E-state index contributed by atoms with van der Waals surface area (Å²) in [4.78, 5) is 22.6. The molecular formula is C32H46N4O5. The first-order chi connectivity index (χ1) is 19.2. The maximum absolute atomic E-state index is 11.4. The predicted molar refractivity (Wildman–Crippen MR) is 163 cm³/mol. The second-order valence-electron chi connectivity index (χ2n) is 11.0. The van der Waals surface area contributed by atoms with Crippen LogP contribution >= 0.6 is 0 Å². The van der Waals surface area contributed by atoms with Crippen LogP contribution in [0.1, 0.15) is 63.8 Å². The Morgan fingerprint density at radius 1 is 0.610 bits per heavy atom. The van der Waals surface area contributed by atoms with E-state index in [4.69, 9.17) is 31.4 Å². The van der Waals surface area contributed by atoms with Crippen molar-refractivity contribution in [3.8, 4) is 5.75 Å². The minimum atomic E-state index is -0.677. The zero-order chi connectivity index (χ0) is 30.9. The average molecular weight is 567 g/mol. The van der Waals surface area contributed by atoms with Crippen molar-refractivity contribution in [2.75, 3.05) is 0 Å². The molecule has 0 bridgehead atoms. The number of ether oxygens (including phenoxy) is 3. The molecule has 0 atom stereocenters. The van der Waals surface area contributed by atoms with Gasteiger partial charge in [-0.15, -0.1) is 0 Å². The lowest BCUT2D eigenvalue weighted by Gasteiger charge is -2.19. The number of carbonyl (C=O) groups is 2. The molecule has 0 saturated heterocycles. The number of para-hydroxylation sites is 1. The third-order valence-corrected chi connectivity index (χ3v) is 4.92. The number of nitrogens with two attached hydrogens (primary N) is 3. The lowest BCUT2D eigenvalue weighted by Crippen LogP contribution is -2.32. The van der Waals surface area contributed by atoms with Crippen LogP contribution in [0, 0.1) is 0 Å². The Labute approximate surface area is 244 Å². The minimum absolute atomic E-state index is 0.402. The highest BCUT2D eigenvalue weighted by Gasteiger charge is 2.18. The molecule has 9 nitrogen and oxygen atoms in total. The standard InChI is InChI=1S/C13H20N2O2.C11H14O3.C8H12N2/c1-13(2,3)17-12(16)15-9-11-6-4-10(8-14)5-7-11;1-11(2,3)14-10(12)13-9-7-5-4-6-8-9;9-5-7-1-2-8(6-10)4-3-7/h4-7H,8-9,14H2,1-3H3,(H,15,16);4-8H,1-3H3;1-4H,5-6,9-10H2. The summed E-state index contributed by atoms with van der Waals surface area (Å²) in [5.41, 5.74) is 19.7. The molecule has 3 aromatic rings. The zero-order valence-corrected chi connectivity index (χ0v) is 25.1. The molecule has 0 aliphatic rings. The summed E-state index contributed by atoms with van der Waals surface area (Å²) in [7, 11) is 0. The Hall–Kier alpha value is -3.92. The first kappa shape index (κ1) is 35.1. The van der Waals surface area contributed by atoms with Crippen molar-refractivity contribution in [2.24, 2.45) is 17.2 Å². The second kappa shape index (κ2) is 17.7. The van der Waals surface area contributed by atoms with Gasteiger partial charge in [0, 0.05) is 26.2 Å². The number of rotatable bonds is 6. The van der Waals surface area contributed by atoms with Gasteiger partial charge in [0.05, 0.1) is 0 Å². The molecule has 0 unspecified atom stereocenters. The second-order valence-corrected chi connectivity index (χ2v) is 11.0. The summed E-state index contributed by atoms with van der Waals surface area (Å²) in [6.07, 6.45) is -1.08. The molecule has 0 aliphatic carbocycles. The normalized spacial score (nSPS) is 10.7. The minimum Gasteiger partial charge on any atom is -0.444 e. The van der Waals surface area contributed by atoms with Crippen LogP contribution in [0.15, 0.2) is 78.9 Å². The van der Waals surface area contributed by atoms with E-state index in [9.17, 15) is 9.59 Å². The summed E-state index contributed by atoms with van der Waals surface area (Å²) in [6.45, 7) is 13.1. The largest absolute Gasteiger partial charge is 0.514 e. The summed E-state index contributed by atoms with van der Waals surface area (Å²) >= 11 is 0. The number of carbonyl (C=O) groups excluding carboxylic acids is 2. The highest BCUT2D eigenvalue weighted by molar-refractivity contribution is 5.67. The lowest BCUT2D eigenvalue weighted by atomic mass is 10.1. The van der Waals surface area contributed by atoms with Crippen molar-refractivity contribution in [3.63, 3.8) is 0 Å². The molecule has 1 amide bonds. The van der Waals surface area contributed by atoms with Crippen molar-refractivity contribution < 1.29 is 23.8 Å². The molecule has 3 aromatic carbocycles. The summed E-state index contributed by atoms with van der Waals surface area (Å²) in [5, 5.41) is 2.70. The Kier molecular flexibility index (Phi) is 15.2. The molecule has 41 heavy (non-hydrogen) atoms. The van der Waals surface area contributed by atoms with Crippen LogP contribution in [-0.4, -0.2) is 23.5 Å². The Morgan fingerprint density at radius 2 is 1.00 bits per heavy atom. The molecule has 0 aliphatic heterocycles. The topological polar surface area (TPSA) is 152 Å². The Balaban J connectivity index is 0.000000318. The quantitative estimate of drug-likeness (QED) is 0.217. The first-order valence-electron chi connectivity index (χ1n) is 13.4. The molecule has 0 saturated carbocycles. The van der Waals surface area contributed by atoms with E-state index >= 15 is 0 Å². The predicted octanol–water partition coefficient (Wildman–Crippen LogP) is 5.77. The van der Waals surface area contributed by atoms with Crippen LogP contribution in [0.2, 0.25) is 0 Å². The van der Waals surface area contributed by atoms with E-state index < -0.39 is 23.5 Å². The molecular weight excluding hydrogens is 520 g/mol. The van der Waals surface area contributed by atoms with Crippen LogP contribution in [0.3, 0.4) is 0 Å². The summed E-state index contributed by atoms with van der Waals surface area (Å²) < 4.78 is 15.0. The number of hydrogen-bond donors (Lipinski definition) is 4. The molecule has 0 aromatic heterocycles. The van der Waals surface area contributed by atoms with Crippen LogP contribution in [0.25, 0.3) is 0 Å². The lowest BCUT2D eigenvalue weighted by molar-refractivity contribution is 0.0206. The van der Waals surface area contributed by atoms with E-state index in [2.05, 4.69) is 5.32 Å². The number of benzene rings is 3. The summed E-state index contributed by atoms with van der Waals surface area (Å²) in [6, 6.07) is 24.6. The molecule has 0 radical (unpaired) electrons. The Bertz CT molecular complexity index is 1130. The molecule has 7 N–H and O–H groups in total. The Morgan fingerprint density at radius 3 is 1.37 bits per heavy atom. The van der Waals surface area contributed by atoms with Crippen LogP contribution in [-0.2, 0) is 35.7 Å². The van der Waals surface area contributed by atoms with Gasteiger partial charge in [-0.2, -0.15) is 0 Å². The number of nitrogens with one attached hydrogen (secondary N) is 1. The molecule has 3 rings (SSSR count). The molecule has 0 fully saturated rings. The fraction of sp³-hybridized carbons (Fsp3) is 0.375. The molecule has 0 heterocycles. The maximum atomic E-state index is 11.4. The smallest absolute Gasteiger partial charge is 0.444 e. The van der Waals surface area contributed by atoms with E-state index in [1.807, 2.05) is 75.4 Å². The van der Waals surface area contributed by atoms with Gasteiger partial charge in [-0.05, 0) is 75.9 Å². The molecule has 0 spiro atoms. The van der Waals surface area contributed by atoms with Gasteiger partial charge in [0.2, 0.25) is 0 Å². The average Bonchev–Trinajstić information content (AvgIpc) is 2.91. The summed E-state index contributed by atoms with van der Waals surface area (Å²) in [5.74, 6) is 0.488. The van der Waals surface area contributed by atoms with Gasteiger partial charge in [-0.1, -0.05) is 66.7 Å². The van der Waals surface area contributed by atoms with E-state index in [0.29, 0.717) is 31.9 Å². The van der Waals surface area contributed by atoms with Gasteiger partial charge in [0.25, 0.3) is 0 Å². The van der Waals surface area contributed by atoms with E-state index in [0.717, 1.165) is 22.3 Å². The van der Waals surface area contributed by atoms with Gasteiger partial charge in [-0.3, -0.25) is 0 Å². The van der Waals surface area contributed by atoms with Crippen molar-refractivity contribution in [2.45, 2.75) is 78.9 Å². The monoisotopic (exact) mass is 566 g/mol. The maximum Gasteiger partial charge on any atom is 0.514 e. The third kappa shape index (κ3) is 17.4. The van der Waals surface area contributed by atoms with Crippen molar-refractivity contribution in [3.05, 3.63) is 101 Å². The molecule has 9 heteroatoms. The number of hydrogen-bond acceptors (Lipinski definition) is 8. The van der Waals surface area contributed by atoms with Crippen molar-refractivity contribution in [1.82, 2.24) is 5.32 Å². The highest BCUT2D eigenvalue weighted by atomic mass is 16.7. The van der Waals surface area contributed by atoms with E-state index in [1.54, 1.807) is 45.0 Å². The van der Waals surface area contributed by atoms with E-state index in [1.165, 1.54) is 0 Å². The SMILES string of the molecule is CC(C)(C)OC(=O)NCc1ccc(CN)cc1.CC(C)(C)OC(=O)Oc1ccccc1.NCc1ccc(CN)cc1. The van der Waals surface area contributed by atoms with Crippen LogP contribution in [0.5, 0.6) is 5.75 Å². The van der Waals surface area contributed by atoms with Crippen molar-refractivity contribution >= 4 is 12.2 Å². The van der Waals surface area contributed by atoms with Gasteiger partial charge in [0.1, 0.15) is 17.0 Å². The van der Waals surface area contributed by atoms with E-state index in [-0.39, 0.29) is 0 Å². The van der Waals surface area contributed by atoms with Gasteiger partial charge in [0.15, 0.2) is 0 Å². The van der Waals surface area contributed by atoms with Crippen LogP contribution < -0.4 is 27.3 Å². The number of amides is 1. The zero-order valence-electron chi connectivity index (χ0n) is 25.1. The third-order valence-electron chi connectivity index (χ3n) is 4.92. The first-order valence-corrected chi connectivity index (χ1v) is 13.4. The fourth-order valence-corrected chi connectivity index (χ4v) is 2.95. The number of alkyl carbamates (subject to hydrolysis) is 1.